The molecule has 4 aromatic rings. The predicted molar refractivity (Wildman–Crippen MR) is 184 cm³/mol. The number of hydrogen-bond acceptors (Lipinski definition) is 6. The number of benzene rings is 3. The molecule has 48 heavy (non-hydrogen) atoms. The highest BCUT2D eigenvalue weighted by Gasteiger charge is 2.60. The minimum absolute atomic E-state index is 0.0616. The molecule has 2 aliphatic carbocycles. The molecule has 7 nitrogen and oxygen atoms in total. The lowest BCUT2D eigenvalue weighted by molar-refractivity contribution is -0.123. The summed E-state index contributed by atoms with van der Waals surface area (Å²) in [5, 5.41) is 0.545. The number of aryl methyl sites for hydroxylation is 1. The van der Waals surface area contributed by atoms with Gasteiger partial charge in [-0.15, -0.1) is 11.6 Å². The van der Waals surface area contributed by atoms with Crippen molar-refractivity contribution in [2.45, 2.75) is 39.2 Å². The Bertz CT molecular complexity index is 2030. The van der Waals surface area contributed by atoms with E-state index >= 15 is 0 Å². The second-order valence-corrected chi connectivity index (χ2v) is 13.9. The largest absolute Gasteiger partial charge is 0.450 e. The van der Waals surface area contributed by atoms with E-state index in [0.717, 1.165) is 16.5 Å². The molecule has 1 aliphatic heterocycles. The van der Waals surface area contributed by atoms with Gasteiger partial charge in [0.25, 0.3) is 0 Å². The van der Waals surface area contributed by atoms with Crippen LogP contribution >= 0.6 is 27.5 Å². The molecular formula is C38H31BrClFN2O5. The molecule has 0 radical (unpaired) electrons. The quantitative estimate of drug-likeness (QED) is 0.0569. The van der Waals surface area contributed by atoms with E-state index in [1.54, 1.807) is 36.4 Å². The van der Waals surface area contributed by atoms with Crippen molar-refractivity contribution >= 4 is 67.7 Å². The maximum absolute atomic E-state index is 13.9. The van der Waals surface area contributed by atoms with Crippen LogP contribution in [0.4, 0.5) is 10.1 Å². The number of anilines is 1. The number of esters is 1. The summed E-state index contributed by atoms with van der Waals surface area (Å²) < 4.78 is 20.1. The molecule has 3 aliphatic rings. The van der Waals surface area contributed by atoms with E-state index in [9.17, 15) is 23.6 Å². The third kappa shape index (κ3) is 5.47. The molecule has 2 amide bonds. The Morgan fingerprint density at radius 1 is 1.04 bits per heavy atom. The molecule has 0 N–H and O–H groups in total. The number of fused-ring (bicyclic) bond motifs is 6. The Kier molecular flexibility index (Phi) is 8.54. The summed E-state index contributed by atoms with van der Waals surface area (Å²) in [7, 11) is 0. The molecule has 5 unspecified atom stereocenters. The van der Waals surface area contributed by atoms with Crippen molar-refractivity contribution in [3.63, 3.8) is 0 Å². The molecular weight excluding hydrogens is 699 g/mol. The number of hydrogen-bond donors (Lipinski definition) is 0. The van der Waals surface area contributed by atoms with E-state index in [-0.39, 0.29) is 58.9 Å². The second kappa shape index (κ2) is 12.7. The van der Waals surface area contributed by atoms with Gasteiger partial charge in [0.1, 0.15) is 5.82 Å². The van der Waals surface area contributed by atoms with Crippen LogP contribution in [0.3, 0.4) is 0 Å². The number of carbonyl (C=O) groups excluding carboxylic acids is 4. The van der Waals surface area contributed by atoms with Gasteiger partial charge >= 0.3 is 5.97 Å². The number of imide groups is 1. The van der Waals surface area contributed by atoms with Crippen molar-refractivity contribution in [1.82, 2.24) is 4.98 Å². The van der Waals surface area contributed by atoms with Crippen LogP contribution in [0.5, 0.6) is 0 Å². The smallest absolute Gasteiger partial charge is 0.339 e. The van der Waals surface area contributed by atoms with Gasteiger partial charge in [-0.25, -0.2) is 14.2 Å². The van der Waals surface area contributed by atoms with Crippen LogP contribution in [0.2, 0.25) is 0 Å². The van der Waals surface area contributed by atoms with Crippen LogP contribution in [-0.2, 0) is 20.7 Å². The van der Waals surface area contributed by atoms with Crippen molar-refractivity contribution in [3.8, 4) is 11.3 Å². The van der Waals surface area contributed by atoms with E-state index < -0.39 is 23.7 Å². The highest BCUT2D eigenvalue weighted by atomic mass is 79.9. The van der Waals surface area contributed by atoms with E-state index in [4.69, 9.17) is 21.3 Å². The number of ether oxygens (including phenoxy) is 1. The van der Waals surface area contributed by atoms with Gasteiger partial charge in [0.15, 0.2) is 6.10 Å². The van der Waals surface area contributed by atoms with Crippen LogP contribution in [0.1, 0.15) is 53.0 Å². The first kappa shape index (κ1) is 32.3. The average Bonchev–Trinajstić information content (AvgIpc) is 3.73. The Hall–Kier alpha value is -4.21. The zero-order valence-corrected chi connectivity index (χ0v) is 28.6. The molecule has 2 bridgehead atoms. The fraction of sp³-hybridized carbons (Fsp3) is 0.289. The molecule has 5 atom stereocenters. The molecule has 1 saturated carbocycles. The molecule has 1 saturated heterocycles. The van der Waals surface area contributed by atoms with Crippen molar-refractivity contribution < 1.29 is 28.3 Å². The lowest BCUT2D eigenvalue weighted by Gasteiger charge is -2.19. The molecule has 244 valence electrons. The number of amides is 2. The van der Waals surface area contributed by atoms with E-state index in [1.165, 1.54) is 34.7 Å². The summed E-state index contributed by atoms with van der Waals surface area (Å²) in [6.07, 6.45) is 2.53. The van der Waals surface area contributed by atoms with Crippen LogP contribution in [0.15, 0.2) is 82.9 Å². The minimum atomic E-state index is -1.19. The van der Waals surface area contributed by atoms with Gasteiger partial charge < -0.3 is 4.74 Å². The Labute approximate surface area is 290 Å². The van der Waals surface area contributed by atoms with Gasteiger partial charge in [0.05, 0.1) is 34.3 Å². The Morgan fingerprint density at radius 3 is 2.44 bits per heavy atom. The Balaban J connectivity index is 1.23. The average molecular weight is 730 g/mol. The third-order valence-electron chi connectivity index (χ3n) is 9.90. The highest BCUT2D eigenvalue weighted by Crippen LogP contribution is 2.56. The van der Waals surface area contributed by atoms with Crippen LogP contribution in [-0.4, -0.2) is 40.5 Å². The normalized spacial score (nSPS) is 21.9. The molecule has 2 fully saturated rings. The molecule has 7 rings (SSSR count). The zero-order valence-electron chi connectivity index (χ0n) is 26.2. The van der Waals surface area contributed by atoms with Gasteiger partial charge in [-0.05, 0) is 91.8 Å². The number of aromatic nitrogens is 1. The summed E-state index contributed by atoms with van der Waals surface area (Å²) in [4.78, 5) is 60.4. The van der Waals surface area contributed by atoms with E-state index in [2.05, 4.69) is 22.0 Å². The number of ketones is 1. The Morgan fingerprint density at radius 2 is 1.75 bits per heavy atom. The maximum atomic E-state index is 13.9. The SMILES string of the molecule is CCc1cc(Br)cc2c(C(=O)OC(CCCl)C(=O)c3ccc(F)cc3)cc(-c3ccc(N4C(=O)C5C6C=C(C)C(C6)C5C4=O)cc3)nc12. The van der Waals surface area contributed by atoms with Gasteiger partial charge in [0, 0.05) is 33.3 Å². The third-order valence-corrected chi connectivity index (χ3v) is 10.6. The van der Waals surface area contributed by atoms with Crippen molar-refractivity contribution in [2.75, 3.05) is 10.8 Å². The van der Waals surface area contributed by atoms with Gasteiger partial charge in [-0.3, -0.25) is 19.3 Å². The molecule has 3 aromatic carbocycles. The molecule has 1 aromatic heterocycles. The minimum Gasteiger partial charge on any atom is -0.450 e. The summed E-state index contributed by atoms with van der Waals surface area (Å²) in [6, 6.07) is 17.4. The van der Waals surface area contributed by atoms with Crippen LogP contribution in [0.25, 0.3) is 22.2 Å². The number of carbonyl (C=O) groups is 4. The zero-order chi connectivity index (χ0) is 33.9. The number of nitrogens with zero attached hydrogens (tertiary/aromatic N) is 2. The monoisotopic (exact) mass is 728 g/mol. The summed E-state index contributed by atoms with van der Waals surface area (Å²) in [6.45, 7) is 4.03. The maximum Gasteiger partial charge on any atom is 0.339 e. The topological polar surface area (TPSA) is 93.6 Å². The second-order valence-electron chi connectivity index (χ2n) is 12.6. The lowest BCUT2D eigenvalue weighted by Crippen LogP contribution is -2.32. The highest BCUT2D eigenvalue weighted by molar-refractivity contribution is 9.10. The van der Waals surface area contributed by atoms with E-state index in [1.807, 2.05) is 19.9 Å². The number of Topliss-reactive ketones (excluding diaryl/α,β-unsaturated/α-hetero) is 1. The van der Waals surface area contributed by atoms with Gasteiger partial charge in [-0.2, -0.15) is 0 Å². The van der Waals surface area contributed by atoms with Gasteiger partial charge in [-0.1, -0.05) is 46.6 Å². The van der Waals surface area contributed by atoms with Crippen LogP contribution in [0, 0.1) is 29.5 Å². The predicted octanol–water partition coefficient (Wildman–Crippen LogP) is 8.10. The molecule has 2 heterocycles. The van der Waals surface area contributed by atoms with Crippen molar-refractivity contribution in [2.24, 2.45) is 23.7 Å². The number of rotatable bonds is 9. The number of halogens is 3. The van der Waals surface area contributed by atoms with Gasteiger partial charge in [0.2, 0.25) is 17.6 Å². The summed E-state index contributed by atoms with van der Waals surface area (Å²) in [5.74, 6) is -2.29. The van der Waals surface area contributed by atoms with E-state index in [0.29, 0.717) is 34.3 Å². The number of pyridine rings is 1. The standard InChI is InChI=1S/C38H31BrClFN2O5/c1-3-20-15-24(39)17-28-29(38(47)48-31(12-13-40)35(44)22-4-8-25(41)9-5-22)18-30(42-34(20)28)21-6-10-26(11-7-21)43-36(45)32-23-14-19(2)27(16-23)33(32)37(43)46/h4-11,14-15,17-18,23,27,31-33H,3,12-13,16H2,1-2H3. The molecule has 10 heteroatoms. The molecule has 0 spiro atoms. The first-order valence-corrected chi connectivity index (χ1v) is 17.3. The summed E-state index contributed by atoms with van der Waals surface area (Å²) >= 11 is 9.55. The van der Waals surface area contributed by atoms with Crippen LogP contribution < -0.4 is 4.90 Å². The fourth-order valence-corrected chi connectivity index (χ4v) is 8.30. The first-order chi connectivity index (χ1) is 23.1. The van der Waals surface area contributed by atoms with Crippen molar-refractivity contribution in [1.29, 1.82) is 0 Å². The fourth-order valence-electron chi connectivity index (χ4n) is 7.59. The van der Waals surface area contributed by atoms with Crippen molar-refractivity contribution in [3.05, 3.63) is 105 Å². The lowest BCUT2D eigenvalue weighted by atomic mass is 9.82. The number of alkyl halides is 1. The first-order valence-electron chi connectivity index (χ1n) is 16.0. The number of allylic oxidation sites excluding steroid dienone is 2. The summed E-state index contributed by atoms with van der Waals surface area (Å²) in [5.41, 5.74) is 4.74.